The lowest BCUT2D eigenvalue weighted by molar-refractivity contribution is -0.115. The fraction of sp³-hybridized carbons (Fsp3) is 0.556. The van der Waals surface area contributed by atoms with Crippen molar-refractivity contribution in [2.75, 3.05) is 18.4 Å². The van der Waals surface area contributed by atoms with Crippen LogP contribution in [-0.2, 0) is 14.8 Å². The van der Waals surface area contributed by atoms with Crippen molar-refractivity contribution < 1.29 is 13.2 Å². The smallest absolute Gasteiger partial charge is 0.243 e. The summed E-state index contributed by atoms with van der Waals surface area (Å²) in [5.41, 5.74) is 0.663. The zero-order chi connectivity index (χ0) is 20.4. The summed E-state index contributed by atoms with van der Waals surface area (Å²) in [6.45, 7) is 10.7. The average Bonchev–Trinajstić information content (AvgIpc) is 2.94. The second kappa shape index (κ2) is 8.98. The summed E-state index contributed by atoms with van der Waals surface area (Å²) in [5.74, 6) is 0.277. The molecule has 0 fully saturated rings. The first-order chi connectivity index (χ1) is 12.5. The Labute approximate surface area is 173 Å². The predicted octanol–water partition coefficient (Wildman–Crippen LogP) is 4.32. The summed E-state index contributed by atoms with van der Waals surface area (Å²) in [5, 5.41) is 3.18. The summed E-state index contributed by atoms with van der Waals surface area (Å²) in [6.07, 6.45) is 0. The Morgan fingerprint density at radius 1 is 1.19 bits per heavy atom. The zero-order valence-electron chi connectivity index (χ0n) is 16.2. The van der Waals surface area contributed by atoms with Gasteiger partial charge in [-0.3, -0.25) is 4.79 Å². The molecule has 1 atom stereocenters. The van der Waals surface area contributed by atoms with Gasteiger partial charge in [-0.2, -0.15) is 4.31 Å². The van der Waals surface area contributed by atoms with Crippen LogP contribution in [0.2, 0.25) is 0 Å². The quantitative estimate of drug-likeness (QED) is 0.576. The van der Waals surface area contributed by atoms with Crippen LogP contribution >= 0.6 is 27.3 Å². The average molecular weight is 476 g/mol. The number of carbonyl (C=O) groups excluding carboxylic acids is 1. The van der Waals surface area contributed by atoms with E-state index in [0.29, 0.717) is 23.7 Å². The van der Waals surface area contributed by atoms with Crippen LogP contribution in [0.25, 0.3) is 10.2 Å². The Kier molecular flexibility index (Phi) is 7.40. The van der Waals surface area contributed by atoms with Gasteiger partial charge in [-0.05, 0) is 37.0 Å². The minimum atomic E-state index is -3.59. The van der Waals surface area contributed by atoms with E-state index in [1.165, 1.54) is 11.3 Å². The maximum absolute atomic E-state index is 13.2. The van der Waals surface area contributed by atoms with E-state index >= 15 is 0 Å². The van der Waals surface area contributed by atoms with Crippen molar-refractivity contribution in [1.82, 2.24) is 9.29 Å². The molecule has 6 nitrogen and oxygen atoms in total. The molecule has 0 saturated carbocycles. The molecule has 0 radical (unpaired) electrons. The lowest BCUT2D eigenvalue weighted by Crippen LogP contribution is -2.37. The van der Waals surface area contributed by atoms with Crippen molar-refractivity contribution >= 4 is 58.5 Å². The first-order valence-corrected chi connectivity index (χ1v) is 12.0. The summed E-state index contributed by atoms with van der Waals surface area (Å²) < 4.78 is 28.6. The third-order valence-electron chi connectivity index (χ3n) is 3.73. The van der Waals surface area contributed by atoms with E-state index in [-0.39, 0.29) is 27.5 Å². The van der Waals surface area contributed by atoms with E-state index in [4.69, 9.17) is 0 Å². The molecule has 150 valence electrons. The van der Waals surface area contributed by atoms with Crippen LogP contribution in [0.15, 0.2) is 23.1 Å². The van der Waals surface area contributed by atoms with Crippen molar-refractivity contribution in [3.05, 3.63) is 18.2 Å². The first kappa shape index (κ1) is 22.3. The number of anilines is 1. The molecule has 0 bridgehead atoms. The van der Waals surface area contributed by atoms with Crippen LogP contribution in [0.5, 0.6) is 0 Å². The molecule has 0 aliphatic heterocycles. The van der Waals surface area contributed by atoms with Crippen molar-refractivity contribution in [3.63, 3.8) is 0 Å². The maximum atomic E-state index is 13.2. The third kappa shape index (κ3) is 5.73. The highest BCUT2D eigenvalue weighted by Crippen LogP contribution is 2.30. The molecule has 1 unspecified atom stereocenters. The Hall–Kier alpha value is -1.03. The molecular formula is C18H26BrN3O3S2. The number of rotatable bonds is 8. The van der Waals surface area contributed by atoms with Gasteiger partial charge in [0.2, 0.25) is 15.9 Å². The Balaban J connectivity index is 2.37. The van der Waals surface area contributed by atoms with Gasteiger partial charge in [0.1, 0.15) is 0 Å². The molecular weight excluding hydrogens is 450 g/mol. The van der Waals surface area contributed by atoms with Crippen molar-refractivity contribution in [2.24, 2.45) is 11.8 Å². The minimum absolute atomic E-state index is 0.193. The molecule has 1 heterocycles. The van der Waals surface area contributed by atoms with Crippen molar-refractivity contribution in [2.45, 2.75) is 44.3 Å². The van der Waals surface area contributed by atoms with Gasteiger partial charge in [-0.15, -0.1) is 0 Å². The topological polar surface area (TPSA) is 79.4 Å². The van der Waals surface area contributed by atoms with Gasteiger partial charge in [-0.1, -0.05) is 55.0 Å². The molecule has 2 rings (SSSR count). The molecule has 9 heteroatoms. The number of benzene rings is 1. The standard InChI is InChI=1S/C18H26BrN3O3S2/c1-11(2)9-22(10-12(3)4)27(24,25)14-6-7-15-16(8-14)26-18(20-15)21-17(23)13(5)19/h6-8,11-13H,9-10H2,1-5H3,(H,20,21,23). The molecule has 1 aromatic heterocycles. The van der Waals surface area contributed by atoms with Gasteiger partial charge < -0.3 is 5.32 Å². The highest BCUT2D eigenvalue weighted by molar-refractivity contribution is 9.10. The van der Waals surface area contributed by atoms with Crippen LogP contribution < -0.4 is 5.32 Å². The Morgan fingerprint density at radius 2 is 1.78 bits per heavy atom. The number of hydrogen-bond acceptors (Lipinski definition) is 5. The summed E-state index contributed by atoms with van der Waals surface area (Å²) >= 11 is 4.48. The van der Waals surface area contributed by atoms with Crippen molar-refractivity contribution in [3.8, 4) is 0 Å². The lowest BCUT2D eigenvalue weighted by atomic mass is 10.2. The number of fused-ring (bicyclic) bond motifs is 1. The lowest BCUT2D eigenvalue weighted by Gasteiger charge is -2.25. The zero-order valence-corrected chi connectivity index (χ0v) is 19.4. The van der Waals surface area contributed by atoms with Gasteiger partial charge in [0.15, 0.2) is 5.13 Å². The van der Waals surface area contributed by atoms with E-state index in [0.717, 1.165) is 4.70 Å². The van der Waals surface area contributed by atoms with Gasteiger partial charge >= 0.3 is 0 Å². The maximum Gasteiger partial charge on any atom is 0.243 e. The highest BCUT2D eigenvalue weighted by Gasteiger charge is 2.26. The molecule has 0 saturated heterocycles. The molecule has 27 heavy (non-hydrogen) atoms. The number of hydrogen-bond donors (Lipinski definition) is 1. The molecule has 1 amide bonds. The number of alkyl halides is 1. The number of thiazole rings is 1. The number of sulfonamides is 1. The second-order valence-corrected chi connectivity index (χ2v) is 11.7. The Morgan fingerprint density at radius 3 is 2.30 bits per heavy atom. The van der Waals surface area contributed by atoms with Crippen LogP contribution in [0, 0.1) is 11.8 Å². The number of halogens is 1. The van der Waals surface area contributed by atoms with Gasteiger partial charge in [0.05, 0.1) is 19.9 Å². The molecule has 2 aromatic rings. The van der Waals surface area contributed by atoms with Gasteiger partial charge in [-0.25, -0.2) is 13.4 Å². The normalized spacial score (nSPS) is 13.7. The van der Waals surface area contributed by atoms with E-state index < -0.39 is 10.0 Å². The first-order valence-electron chi connectivity index (χ1n) is 8.86. The molecule has 1 aromatic carbocycles. The number of nitrogens with zero attached hydrogens (tertiary/aromatic N) is 2. The Bertz CT molecular complexity index is 898. The fourth-order valence-electron chi connectivity index (χ4n) is 2.56. The van der Waals surface area contributed by atoms with E-state index in [2.05, 4.69) is 26.2 Å². The van der Waals surface area contributed by atoms with Crippen LogP contribution in [-0.4, -0.2) is 41.5 Å². The van der Waals surface area contributed by atoms with E-state index in [1.807, 2.05) is 27.7 Å². The summed E-state index contributed by atoms with van der Waals surface area (Å²) in [6, 6.07) is 4.92. The summed E-state index contributed by atoms with van der Waals surface area (Å²) in [4.78, 5) is 16.1. The predicted molar refractivity (Wildman–Crippen MR) is 115 cm³/mol. The van der Waals surface area contributed by atoms with Crippen LogP contribution in [0.4, 0.5) is 5.13 Å². The highest BCUT2D eigenvalue weighted by atomic mass is 79.9. The van der Waals surface area contributed by atoms with E-state index in [9.17, 15) is 13.2 Å². The number of aromatic nitrogens is 1. The number of amides is 1. The number of nitrogens with one attached hydrogen (secondary N) is 1. The van der Waals surface area contributed by atoms with Crippen LogP contribution in [0.1, 0.15) is 34.6 Å². The minimum Gasteiger partial charge on any atom is -0.301 e. The van der Waals surface area contributed by atoms with Gasteiger partial charge in [0, 0.05) is 13.1 Å². The summed E-state index contributed by atoms with van der Waals surface area (Å²) in [7, 11) is -3.59. The number of carbonyl (C=O) groups is 1. The SMILES string of the molecule is CC(C)CN(CC(C)C)S(=O)(=O)c1ccc2nc(NC(=O)C(C)Br)sc2c1. The fourth-order valence-corrected chi connectivity index (χ4v) is 5.45. The van der Waals surface area contributed by atoms with Gasteiger partial charge in [0.25, 0.3) is 0 Å². The second-order valence-electron chi connectivity index (χ2n) is 7.36. The molecule has 0 aliphatic rings. The molecule has 0 aliphatic carbocycles. The largest absolute Gasteiger partial charge is 0.301 e. The molecule has 1 N–H and O–H groups in total. The third-order valence-corrected chi connectivity index (χ3v) is 6.90. The van der Waals surface area contributed by atoms with Crippen molar-refractivity contribution in [1.29, 1.82) is 0 Å². The van der Waals surface area contributed by atoms with E-state index in [1.54, 1.807) is 29.4 Å². The van der Waals surface area contributed by atoms with Crippen LogP contribution in [0.3, 0.4) is 0 Å². The monoisotopic (exact) mass is 475 g/mol. The molecule has 0 spiro atoms.